The quantitative estimate of drug-likeness (QED) is 0.497. The lowest BCUT2D eigenvalue weighted by atomic mass is 10.1. The van der Waals surface area contributed by atoms with Crippen LogP contribution in [0, 0.1) is 6.92 Å². The number of amides is 1. The lowest BCUT2D eigenvalue weighted by Gasteiger charge is -2.31. The largest absolute Gasteiger partial charge is 0.482 e. The molecular weight excluding hydrogens is 482 g/mol. The monoisotopic (exact) mass is 507 g/mol. The molecule has 1 unspecified atom stereocenters. The summed E-state index contributed by atoms with van der Waals surface area (Å²) < 4.78 is 12.7. The number of ether oxygens (including phenoxy) is 2. The Morgan fingerprint density at radius 1 is 1.26 bits per heavy atom. The number of aryl methyl sites for hydroxylation is 1. The molecule has 2 aliphatic heterocycles. The summed E-state index contributed by atoms with van der Waals surface area (Å²) in [4.78, 5) is 30.8. The highest BCUT2D eigenvalue weighted by Gasteiger charge is 2.38. The van der Waals surface area contributed by atoms with Gasteiger partial charge < -0.3 is 14.4 Å². The second kappa shape index (κ2) is 8.46. The van der Waals surface area contributed by atoms with E-state index in [9.17, 15) is 4.79 Å². The number of fused-ring (bicyclic) bond motifs is 2. The third kappa shape index (κ3) is 4.45. The van der Waals surface area contributed by atoms with Gasteiger partial charge in [0.1, 0.15) is 34.1 Å². The van der Waals surface area contributed by atoms with Gasteiger partial charge in [0, 0.05) is 24.6 Å². The van der Waals surface area contributed by atoms with Crippen molar-refractivity contribution in [2.75, 3.05) is 34.4 Å². The molecule has 2 aromatic rings. The SMILES string of the molecule is Cc1nc(Br)cc2c1OC(C)c1c(N3CCSCC3)ncnc1N2C(=O)OC(C)(C)C. The molecule has 10 heteroatoms. The van der Waals surface area contributed by atoms with Crippen molar-refractivity contribution in [3.05, 3.63) is 28.3 Å². The number of rotatable bonds is 1. The highest BCUT2D eigenvalue weighted by Crippen LogP contribution is 2.47. The second-order valence-electron chi connectivity index (χ2n) is 8.49. The topological polar surface area (TPSA) is 80.7 Å². The second-order valence-corrected chi connectivity index (χ2v) is 10.5. The summed E-state index contributed by atoms with van der Waals surface area (Å²) in [6, 6.07) is 1.76. The normalized spacial score (nSPS) is 18.6. The molecule has 1 amide bonds. The van der Waals surface area contributed by atoms with E-state index in [0.717, 1.165) is 36.0 Å². The van der Waals surface area contributed by atoms with Crippen molar-refractivity contribution in [2.24, 2.45) is 0 Å². The van der Waals surface area contributed by atoms with E-state index < -0.39 is 11.7 Å². The predicted molar refractivity (Wildman–Crippen MR) is 126 cm³/mol. The van der Waals surface area contributed by atoms with Crippen molar-refractivity contribution in [3.63, 3.8) is 0 Å². The first-order valence-electron chi connectivity index (χ1n) is 10.2. The van der Waals surface area contributed by atoms with Crippen molar-refractivity contribution in [1.82, 2.24) is 15.0 Å². The van der Waals surface area contributed by atoms with E-state index in [1.54, 1.807) is 6.07 Å². The Bertz CT molecular complexity index is 1010. The zero-order valence-corrected chi connectivity index (χ0v) is 20.7. The van der Waals surface area contributed by atoms with E-state index in [1.807, 2.05) is 46.4 Å². The molecule has 8 nitrogen and oxygen atoms in total. The fourth-order valence-electron chi connectivity index (χ4n) is 3.71. The molecule has 1 fully saturated rings. The smallest absolute Gasteiger partial charge is 0.420 e. The first kappa shape index (κ1) is 22.1. The minimum atomic E-state index is -0.671. The predicted octanol–water partition coefficient (Wildman–Crippen LogP) is 5.02. The van der Waals surface area contributed by atoms with E-state index in [-0.39, 0.29) is 6.10 Å². The molecule has 0 saturated carbocycles. The van der Waals surface area contributed by atoms with Gasteiger partial charge in [0.2, 0.25) is 0 Å². The van der Waals surface area contributed by atoms with Gasteiger partial charge >= 0.3 is 6.09 Å². The van der Waals surface area contributed by atoms with E-state index in [1.165, 1.54) is 11.2 Å². The average molecular weight is 508 g/mol. The maximum absolute atomic E-state index is 13.4. The molecule has 4 rings (SSSR count). The molecule has 2 aliphatic rings. The Hall–Kier alpha value is -2.07. The van der Waals surface area contributed by atoms with Crippen LogP contribution in [0.2, 0.25) is 0 Å². The number of pyridine rings is 1. The number of halogens is 1. The molecular formula is C21H26BrN5O3S. The first-order valence-corrected chi connectivity index (χ1v) is 12.1. The van der Waals surface area contributed by atoms with Crippen LogP contribution in [0.5, 0.6) is 5.75 Å². The average Bonchev–Trinajstić information content (AvgIpc) is 2.82. The van der Waals surface area contributed by atoms with Gasteiger partial charge in [-0.2, -0.15) is 11.8 Å². The number of carbonyl (C=O) groups is 1. The van der Waals surface area contributed by atoms with Crippen molar-refractivity contribution in [1.29, 1.82) is 0 Å². The highest BCUT2D eigenvalue weighted by molar-refractivity contribution is 9.10. The number of hydrogen-bond donors (Lipinski definition) is 0. The molecule has 1 atom stereocenters. The van der Waals surface area contributed by atoms with Gasteiger partial charge in [0.15, 0.2) is 11.6 Å². The third-order valence-corrected chi connectivity index (χ3v) is 6.32. The van der Waals surface area contributed by atoms with Crippen molar-refractivity contribution in [3.8, 4) is 5.75 Å². The number of nitrogens with zero attached hydrogens (tertiary/aromatic N) is 5. The molecule has 166 valence electrons. The molecule has 31 heavy (non-hydrogen) atoms. The van der Waals surface area contributed by atoms with Crippen LogP contribution in [0.3, 0.4) is 0 Å². The number of thioether (sulfide) groups is 1. The lowest BCUT2D eigenvalue weighted by molar-refractivity contribution is 0.0598. The summed E-state index contributed by atoms with van der Waals surface area (Å²) in [5, 5.41) is 0. The maximum Gasteiger partial charge on any atom is 0.420 e. The number of hydrogen-bond acceptors (Lipinski definition) is 8. The van der Waals surface area contributed by atoms with Crippen LogP contribution in [0.25, 0.3) is 0 Å². The van der Waals surface area contributed by atoms with Gasteiger partial charge in [0.05, 0.1) is 11.3 Å². The standard InChI is InChI=1S/C21H26BrN5O3S/c1-12-17-14(10-15(22)25-12)27(20(28)30-21(3,4)5)19-16(13(2)29-17)18(23-11-24-19)26-6-8-31-9-7-26/h10-11,13H,6-9H2,1-5H3. The Labute approximate surface area is 194 Å². The van der Waals surface area contributed by atoms with E-state index >= 15 is 0 Å². The van der Waals surface area contributed by atoms with Crippen LogP contribution in [0.4, 0.5) is 22.1 Å². The fourth-order valence-corrected chi connectivity index (χ4v) is 5.09. The number of aromatic nitrogens is 3. The third-order valence-electron chi connectivity index (χ3n) is 4.97. The lowest BCUT2D eigenvalue weighted by Crippen LogP contribution is -2.36. The van der Waals surface area contributed by atoms with Crippen molar-refractivity contribution < 1.29 is 14.3 Å². The summed E-state index contributed by atoms with van der Waals surface area (Å²) in [6.07, 6.45) is 0.603. The molecule has 0 aromatic carbocycles. The van der Waals surface area contributed by atoms with Crippen LogP contribution in [-0.2, 0) is 4.74 Å². The summed E-state index contributed by atoms with van der Waals surface area (Å²) >= 11 is 5.37. The van der Waals surface area contributed by atoms with Gasteiger partial charge in [-0.25, -0.2) is 24.6 Å². The van der Waals surface area contributed by atoms with Crippen LogP contribution in [0.15, 0.2) is 17.0 Å². The van der Waals surface area contributed by atoms with E-state index in [4.69, 9.17) is 9.47 Å². The zero-order chi connectivity index (χ0) is 22.3. The molecule has 4 heterocycles. The minimum Gasteiger partial charge on any atom is -0.482 e. The van der Waals surface area contributed by atoms with Gasteiger partial charge in [-0.05, 0) is 56.6 Å². The molecule has 1 saturated heterocycles. The minimum absolute atomic E-state index is 0.381. The molecule has 2 aromatic heterocycles. The Morgan fingerprint density at radius 3 is 2.61 bits per heavy atom. The summed E-state index contributed by atoms with van der Waals surface area (Å²) in [5.41, 5.74) is 1.31. The Kier molecular flexibility index (Phi) is 6.04. The van der Waals surface area contributed by atoms with Crippen LogP contribution < -0.4 is 14.5 Å². The number of anilines is 3. The zero-order valence-electron chi connectivity index (χ0n) is 18.3. The summed E-state index contributed by atoms with van der Waals surface area (Å²) in [7, 11) is 0. The van der Waals surface area contributed by atoms with Crippen LogP contribution in [-0.4, -0.2) is 51.2 Å². The Balaban J connectivity index is 1.93. The Morgan fingerprint density at radius 2 is 1.94 bits per heavy atom. The van der Waals surface area contributed by atoms with Crippen molar-refractivity contribution >= 4 is 51.1 Å². The molecule has 0 N–H and O–H groups in total. The summed E-state index contributed by atoms with van der Waals surface area (Å²) in [6.45, 7) is 11.1. The maximum atomic E-state index is 13.4. The molecule has 0 aliphatic carbocycles. The molecule has 0 bridgehead atoms. The van der Waals surface area contributed by atoms with Gasteiger partial charge in [0.25, 0.3) is 0 Å². The van der Waals surface area contributed by atoms with Crippen molar-refractivity contribution in [2.45, 2.75) is 46.3 Å². The van der Waals surface area contributed by atoms with E-state index in [0.29, 0.717) is 27.6 Å². The van der Waals surface area contributed by atoms with Gasteiger partial charge in [-0.15, -0.1) is 0 Å². The highest BCUT2D eigenvalue weighted by atomic mass is 79.9. The van der Waals surface area contributed by atoms with E-state index in [2.05, 4.69) is 35.8 Å². The molecule has 0 spiro atoms. The fraction of sp³-hybridized carbons (Fsp3) is 0.524. The number of carbonyl (C=O) groups excluding carboxylic acids is 1. The van der Waals surface area contributed by atoms with Gasteiger partial charge in [-0.3, -0.25) is 0 Å². The first-order chi connectivity index (χ1) is 14.7. The summed E-state index contributed by atoms with van der Waals surface area (Å²) in [5.74, 6) is 3.85. The van der Waals surface area contributed by atoms with Crippen LogP contribution >= 0.6 is 27.7 Å². The van der Waals surface area contributed by atoms with Crippen LogP contribution in [0.1, 0.15) is 45.1 Å². The van der Waals surface area contributed by atoms with Gasteiger partial charge in [-0.1, -0.05) is 0 Å². The molecule has 0 radical (unpaired) electrons.